The van der Waals surface area contributed by atoms with E-state index in [9.17, 15) is 8.42 Å². The molecule has 112 valence electrons. The largest absolute Gasteiger partial charge is 0.307 e. The van der Waals surface area contributed by atoms with Gasteiger partial charge in [0, 0.05) is 28.2 Å². The maximum Gasteiger partial charge on any atom is 0.238 e. The van der Waals surface area contributed by atoms with Gasteiger partial charge in [0.15, 0.2) is 0 Å². The van der Waals surface area contributed by atoms with E-state index in [1.54, 1.807) is 18.3 Å². The molecule has 3 N–H and O–H groups in total. The normalized spacial score (nSPS) is 11.6. The highest BCUT2D eigenvalue weighted by Crippen LogP contribution is 2.19. The topological polar surface area (TPSA) is 85.1 Å². The number of primary sulfonamides is 1. The minimum Gasteiger partial charge on any atom is -0.307 e. The highest BCUT2D eigenvalue weighted by atomic mass is 79.9. The third-order valence-electron chi connectivity index (χ3n) is 2.76. The van der Waals surface area contributed by atoms with Crippen molar-refractivity contribution in [2.24, 2.45) is 5.14 Å². The Morgan fingerprint density at radius 3 is 2.38 bits per heavy atom. The maximum absolute atomic E-state index is 11.2. The number of rotatable bonds is 5. The molecule has 0 bridgehead atoms. The van der Waals surface area contributed by atoms with Crippen LogP contribution in [-0.2, 0) is 23.1 Å². The molecule has 2 aromatic rings. The molecule has 5 nitrogen and oxygen atoms in total. The second-order valence-corrected chi connectivity index (χ2v) is 7.71. The van der Waals surface area contributed by atoms with Crippen LogP contribution in [0.3, 0.4) is 0 Å². The lowest BCUT2D eigenvalue weighted by Crippen LogP contribution is -2.15. The Morgan fingerprint density at radius 2 is 1.81 bits per heavy atom. The van der Waals surface area contributed by atoms with Crippen molar-refractivity contribution >= 4 is 41.9 Å². The van der Waals surface area contributed by atoms with Crippen molar-refractivity contribution < 1.29 is 8.42 Å². The SMILES string of the molecule is NS(=O)(=O)c1ccc(CNCc2ncc(Br)cc2Br)cc1. The number of nitrogens with one attached hydrogen (secondary N) is 1. The summed E-state index contributed by atoms with van der Waals surface area (Å²) >= 11 is 6.80. The molecule has 0 spiro atoms. The van der Waals surface area contributed by atoms with Gasteiger partial charge in [0.2, 0.25) is 10.0 Å². The van der Waals surface area contributed by atoms with Gasteiger partial charge in [-0.3, -0.25) is 4.98 Å². The fourth-order valence-electron chi connectivity index (χ4n) is 1.70. The Kier molecular flexibility index (Phi) is 5.50. The van der Waals surface area contributed by atoms with E-state index in [1.165, 1.54) is 12.1 Å². The van der Waals surface area contributed by atoms with Crippen LogP contribution in [0.5, 0.6) is 0 Å². The van der Waals surface area contributed by atoms with Crippen LogP contribution >= 0.6 is 31.9 Å². The zero-order valence-corrected chi connectivity index (χ0v) is 14.9. The lowest BCUT2D eigenvalue weighted by atomic mass is 10.2. The molecule has 1 aromatic carbocycles. The lowest BCUT2D eigenvalue weighted by Gasteiger charge is -2.07. The van der Waals surface area contributed by atoms with E-state index >= 15 is 0 Å². The summed E-state index contributed by atoms with van der Waals surface area (Å²) in [6, 6.07) is 8.40. The first kappa shape index (κ1) is 16.6. The molecule has 0 unspecified atom stereocenters. The van der Waals surface area contributed by atoms with Crippen molar-refractivity contribution in [3.8, 4) is 0 Å². The first-order valence-corrected chi connectivity index (χ1v) is 9.12. The molecule has 0 aliphatic heterocycles. The summed E-state index contributed by atoms with van der Waals surface area (Å²) in [5.41, 5.74) is 1.87. The van der Waals surface area contributed by atoms with Gasteiger partial charge in [-0.1, -0.05) is 12.1 Å². The standard InChI is InChI=1S/C13H13Br2N3O2S/c14-10-5-12(15)13(18-7-10)8-17-6-9-1-3-11(4-2-9)21(16,19)20/h1-5,7,17H,6,8H2,(H2,16,19,20). The van der Waals surface area contributed by atoms with E-state index in [1.807, 2.05) is 6.07 Å². The number of hydrogen-bond acceptors (Lipinski definition) is 4. The summed E-state index contributed by atoms with van der Waals surface area (Å²) in [6.07, 6.45) is 1.74. The van der Waals surface area contributed by atoms with Crippen molar-refractivity contribution in [2.75, 3.05) is 0 Å². The summed E-state index contributed by atoms with van der Waals surface area (Å²) in [5, 5.41) is 8.30. The van der Waals surface area contributed by atoms with Crippen LogP contribution in [0.2, 0.25) is 0 Å². The Labute approximate surface area is 140 Å². The Bertz CT molecular complexity index is 734. The van der Waals surface area contributed by atoms with Crippen LogP contribution in [-0.4, -0.2) is 13.4 Å². The van der Waals surface area contributed by atoms with Crippen LogP contribution < -0.4 is 10.5 Å². The third kappa shape index (κ3) is 4.86. The van der Waals surface area contributed by atoms with Crippen molar-refractivity contribution in [1.29, 1.82) is 0 Å². The highest BCUT2D eigenvalue weighted by molar-refractivity contribution is 9.11. The van der Waals surface area contributed by atoms with Crippen LogP contribution in [0.25, 0.3) is 0 Å². The van der Waals surface area contributed by atoms with Gasteiger partial charge in [-0.05, 0) is 55.6 Å². The van der Waals surface area contributed by atoms with E-state index in [4.69, 9.17) is 5.14 Å². The molecule has 0 aliphatic carbocycles. The third-order valence-corrected chi connectivity index (χ3v) is 4.81. The average molecular weight is 435 g/mol. The zero-order valence-electron chi connectivity index (χ0n) is 10.9. The Balaban J connectivity index is 1.94. The molecule has 2 rings (SSSR count). The predicted molar refractivity (Wildman–Crippen MR) is 88.0 cm³/mol. The van der Waals surface area contributed by atoms with E-state index in [0.717, 1.165) is 20.2 Å². The zero-order chi connectivity index (χ0) is 15.5. The summed E-state index contributed by atoms with van der Waals surface area (Å²) in [6.45, 7) is 1.21. The Morgan fingerprint density at radius 1 is 1.14 bits per heavy atom. The molecule has 0 saturated carbocycles. The van der Waals surface area contributed by atoms with Gasteiger partial charge in [-0.2, -0.15) is 0 Å². The Hall–Kier alpha value is -0.800. The van der Waals surface area contributed by atoms with Crippen molar-refractivity contribution in [2.45, 2.75) is 18.0 Å². The van der Waals surface area contributed by atoms with Gasteiger partial charge in [-0.25, -0.2) is 13.6 Å². The molecule has 0 fully saturated rings. The quantitative estimate of drug-likeness (QED) is 0.757. The van der Waals surface area contributed by atoms with Crippen LogP contribution in [0.4, 0.5) is 0 Å². The van der Waals surface area contributed by atoms with Gasteiger partial charge >= 0.3 is 0 Å². The minimum atomic E-state index is -3.63. The smallest absolute Gasteiger partial charge is 0.238 e. The molecule has 0 atom stereocenters. The molecule has 1 aromatic heterocycles. The maximum atomic E-state index is 11.2. The van der Waals surface area contributed by atoms with E-state index < -0.39 is 10.0 Å². The van der Waals surface area contributed by atoms with Crippen LogP contribution in [0, 0.1) is 0 Å². The monoisotopic (exact) mass is 433 g/mol. The molecule has 1 heterocycles. The molecular weight excluding hydrogens is 422 g/mol. The predicted octanol–water partition coefficient (Wildman–Crippen LogP) is 2.54. The minimum absolute atomic E-state index is 0.114. The van der Waals surface area contributed by atoms with Gasteiger partial charge in [0.25, 0.3) is 0 Å². The van der Waals surface area contributed by atoms with Crippen LogP contribution in [0.15, 0.2) is 50.4 Å². The fourth-order valence-corrected chi connectivity index (χ4v) is 3.34. The van der Waals surface area contributed by atoms with Gasteiger partial charge in [0.05, 0.1) is 10.6 Å². The number of aromatic nitrogens is 1. The van der Waals surface area contributed by atoms with Gasteiger partial charge in [-0.15, -0.1) is 0 Å². The number of pyridine rings is 1. The first-order chi connectivity index (χ1) is 9.86. The molecule has 0 saturated heterocycles. The number of nitrogens with two attached hydrogens (primary N) is 1. The fraction of sp³-hybridized carbons (Fsp3) is 0.154. The van der Waals surface area contributed by atoms with Gasteiger partial charge < -0.3 is 5.32 Å². The van der Waals surface area contributed by atoms with E-state index in [0.29, 0.717) is 13.1 Å². The molecular formula is C13H13Br2N3O2S. The second-order valence-electron chi connectivity index (χ2n) is 4.37. The lowest BCUT2D eigenvalue weighted by molar-refractivity contribution is 0.597. The molecule has 0 aliphatic rings. The first-order valence-electron chi connectivity index (χ1n) is 5.98. The summed E-state index contributed by atoms with van der Waals surface area (Å²) in [4.78, 5) is 4.42. The summed E-state index contributed by atoms with van der Waals surface area (Å²) < 4.78 is 24.1. The summed E-state index contributed by atoms with van der Waals surface area (Å²) in [5.74, 6) is 0. The number of benzene rings is 1. The van der Waals surface area contributed by atoms with E-state index in [2.05, 4.69) is 42.2 Å². The van der Waals surface area contributed by atoms with Crippen molar-refractivity contribution in [3.05, 3.63) is 56.7 Å². The number of nitrogens with zero attached hydrogens (tertiary/aromatic N) is 1. The number of sulfonamides is 1. The second kappa shape index (κ2) is 6.97. The molecule has 8 heteroatoms. The average Bonchev–Trinajstić information content (AvgIpc) is 2.41. The molecule has 0 amide bonds. The summed E-state index contributed by atoms with van der Waals surface area (Å²) in [7, 11) is -3.63. The van der Waals surface area contributed by atoms with Crippen molar-refractivity contribution in [3.63, 3.8) is 0 Å². The van der Waals surface area contributed by atoms with Crippen LogP contribution in [0.1, 0.15) is 11.3 Å². The van der Waals surface area contributed by atoms with Gasteiger partial charge in [0.1, 0.15) is 0 Å². The van der Waals surface area contributed by atoms with Crippen molar-refractivity contribution in [1.82, 2.24) is 10.3 Å². The number of hydrogen-bond donors (Lipinski definition) is 2. The molecule has 21 heavy (non-hydrogen) atoms. The van der Waals surface area contributed by atoms with E-state index in [-0.39, 0.29) is 4.90 Å². The highest BCUT2D eigenvalue weighted by Gasteiger charge is 2.07. The number of halogens is 2. The molecule has 0 radical (unpaired) electrons.